The molecular weight excluding hydrogens is 384 g/mol. The van der Waals surface area contributed by atoms with Crippen LogP contribution in [0.4, 0.5) is 0 Å². The molecule has 30 heavy (non-hydrogen) atoms. The molecule has 0 N–H and O–H groups in total. The van der Waals surface area contributed by atoms with Gasteiger partial charge in [0.2, 0.25) is 0 Å². The maximum Gasteiger partial charge on any atom is 0.260 e. The van der Waals surface area contributed by atoms with E-state index in [2.05, 4.69) is 0 Å². The molecule has 2 aromatic rings. The minimum atomic E-state index is -0.0861. The first-order valence-corrected chi connectivity index (χ1v) is 10.3. The second-order valence-electron chi connectivity index (χ2n) is 6.82. The number of ether oxygens (including phenoxy) is 3. The lowest BCUT2D eigenvalue weighted by Crippen LogP contribution is -2.51. The highest BCUT2D eigenvalue weighted by molar-refractivity contribution is 5.94. The van der Waals surface area contributed by atoms with Crippen LogP contribution in [0.3, 0.4) is 0 Å². The van der Waals surface area contributed by atoms with Crippen molar-refractivity contribution in [2.24, 2.45) is 0 Å². The molecule has 1 fully saturated rings. The highest BCUT2D eigenvalue weighted by Gasteiger charge is 2.25. The Kier molecular flexibility index (Phi) is 7.54. The van der Waals surface area contributed by atoms with Gasteiger partial charge >= 0.3 is 0 Å². The average Bonchev–Trinajstić information content (AvgIpc) is 2.79. The van der Waals surface area contributed by atoms with Crippen LogP contribution in [-0.2, 0) is 4.79 Å². The van der Waals surface area contributed by atoms with E-state index >= 15 is 0 Å². The summed E-state index contributed by atoms with van der Waals surface area (Å²) in [5.41, 5.74) is 0.622. The lowest BCUT2D eigenvalue weighted by Gasteiger charge is -2.34. The minimum absolute atomic E-state index is 0.0270. The van der Waals surface area contributed by atoms with Crippen LogP contribution in [0.2, 0.25) is 0 Å². The fourth-order valence-corrected chi connectivity index (χ4v) is 3.24. The zero-order valence-electron chi connectivity index (χ0n) is 17.5. The van der Waals surface area contributed by atoms with Gasteiger partial charge in [0.1, 0.15) is 17.2 Å². The van der Waals surface area contributed by atoms with Crippen LogP contribution in [0.15, 0.2) is 48.5 Å². The number of nitrogens with zero attached hydrogens (tertiary/aromatic N) is 2. The second kappa shape index (κ2) is 10.5. The van der Waals surface area contributed by atoms with Gasteiger partial charge in [-0.15, -0.1) is 0 Å². The third-order valence-corrected chi connectivity index (χ3v) is 4.83. The molecule has 0 aliphatic carbocycles. The number of piperazine rings is 1. The van der Waals surface area contributed by atoms with Gasteiger partial charge in [0.15, 0.2) is 6.61 Å². The SMILES string of the molecule is CCOc1ccc(OCC(=O)N2CCN(C(=O)c3ccc(OCC)cc3)CC2)cc1. The molecule has 1 aliphatic heterocycles. The Morgan fingerprint density at radius 3 is 1.63 bits per heavy atom. The molecular formula is C23H28N2O5. The van der Waals surface area contributed by atoms with E-state index in [4.69, 9.17) is 14.2 Å². The fraction of sp³-hybridized carbons (Fsp3) is 0.391. The normalized spacial score (nSPS) is 13.7. The molecule has 0 radical (unpaired) electrons. The van der Waals surface area contributed by atoms with E-state index in [1.54, 1.807) is 46.2 Å². The molecule has 1 heterocycles. The van der Waals surface area contributed by atoms with Gasteiger partial charge in [-0.25, -0.2) is 0 Å². The second-order valence-corrected chi connectivity index (χ2v) is 6.82. The standard InChI is InChI=1S/C23H28N2O5/c1-3-28-19-7-5-18(6-8-19)23(27)25-15-13-24(14-16-25)22(26)17-30-21-11-9-20(10-12-21)29-4-2/h5-12H,3-4,13-17H2,1-2H3. The summed E-state index contributed by atoms with van der Waals surface area (Å²) in [5.74, 6) is 2.02. The first-order chi connectivity index (χ1) is 14.6. The molecule has 2 aromatic carbocycles. The fourth-order valence-electron chi connectivity index (χ4n) is 3.24. The molecule has 160 valence electrons. The van der Waals surface area contributed by atoms with Crippen LogP contribution in [0, 0.1) is 0 Å². The van der Waals surface area contributed by atoms with Gasteiger partial charge in [-0.3, -0.25) is 9.59 Å². The van der Waals surface area contributed by atoms with Crippen LogP contribution in [0.5, 0.6) is 17.2 Å². The summed E-state index contributed by atoms with van der Waals surface area (Å²) in [4.78, 5) is 28.6. The Bertz CT molecular complexity index is 828. The van der Waals surface area contributed by atoms with E-state index in [1.165, 1.54) is 0 Å². The molecule has 0 saturated carbocycles. The maximum atomic E-state index is 12.7. The summed E-state index contributed by atoms with van der Waals surface area (Å²) in [7, 11) is 0. The smallest absolute Gasteiger partial charge is 0.260 e. The molecule has 1 aliphatic rings. The third-order valence-electron chi connectivity index (χ3n) is 4.83. The van der Waals surface area contributed by atoms with Gasteiger partial charge in [-0.1, -0.05) is 0 Å². The third kappa shape index (κ3) is 5.65. The van der Waals surface area contributed by atoms with Crippen LogP contribution in [0.1, 0.15) is 24.2 Å². The Hall–Kier alpha value is -3.22. The van der Waals surface area contributed by atoms with E-state index in [1.807, 2.05) is 26.0 Å². The molecule has 0 atom stereocenters. The maximum absolute atomic E-state index is 12.7. The molecule has 0 unspecified atom stereocenters. The molecule has 0 bridgehead atoms. The van der Waals surface area contributed by atoms with Crippen molar-refractivity contribution in [2.45, 2.75) is 13.8 Å². The number of amides is 2. The van der Waals surface area contributed by atoms with E-state index in [-0.39, 0.29) is 18.4 Å². The molecule has 0 aromatic heterocycles. The first kappa shape index (κ1) is 21.5. The van der Waals surface area contributed by atoms with Crippen molar-refractivity contribution < 1.29 is 23.8 Å². The van der Waals surface area contributed by atoms with E-state index < -0.39 is 0 Å². The lowest BCUT2D eigenvalue weighted by molar-refractivity contribution is -0.134. The van der Waals surface area contributed by atoms with Gasteiger partial charge < -0.3 is 24.0 Å². The molecule has 7 nitrogen and oxygen atoms in total. The largest absolute Gasteiger partial charge is 0.494 e. The Morgan fingerprint density at radius 1 is 0.700 bits per heavy atom. The highest BCUT2D eigenvalue weighted by atomic mass is 16.5. The van der Waals surface area contributed by atoms with Crippen molar-refractivity contribution in [3.8, 4) is 17.2 Å². The van der Waals surface area contributed by atoms with Gasteiger partial charge in [0.05, 0.1) is 13.2 Å². The van der Waals surface area contributed by atoms with Crippen molar-refractivity contribution in [2.75, 3.05) is 46.0 Å². The van der Waals surface area contributed by atoms with E-state index in [0.717, 1.165) is 11.5 Å². The molecule has 1 saturated heterocycles. The summed E-state index contributed by atoms with van der Waals surface area (Å²) in [6.45, 7) is 7.00. The zero-order chi connectivity index (χ0) is 21.3. The number of hydrogen-bond donors (Lipinski definition) is 0. The van der Waals surface area contributed by atoms with Gasteiger partial charge in [0.25, 0.3) is 11.8 Å². The van der Waals surface area contributed by atoms with Gasteiger partial charge in [-0.2, -0.15) is 0 Å². The zero-order valence-corrected chi connectivity index (χ0v) is 17.5. The predicted octanol–water partition coefficient (Wildman–Crippen LogP) is 2.85. The molecule has 3 rings (SSSR count). The van der Waals surface area contributed by atoms with Crippen LogP contribution in [0.25, 0.3) is 0 Å². The topological polar surface area (TPSA) is 68.3 Å². The minimum Gasteiger partial charge on any atom is -0.494 e. The quantitative estimate of drug-likeness (QED) is 0.667. The average molecular weight is 412 g/mol. The number of rotatable bonds is 8. The van der Waals surface area contributed by atoms with Crippen molar-refractivity contribution in [1.82, 2.24) is 9.80 Å². The monoisotopic (exact) mass is 412 g/mol. The molecule has 2 amide bonds. The number of carbonyl (C=O) groups excluding carboxylic acids is 2. The number of hydrogen-bond acceptors (Lipinski definition) is 5. The molecule has 7 heteroatoms. The Balaban J connectivity index is 1.45. The number of benzene rings is 2. The molecule has 0 spiro atoms. The Labute approximate surface area is 177 Å². The van der Waals surface area contributed by atoms with E-state index in [9.17, 15) is 9.59 Å². The van der Waals surface area contributed by atoms with Crippen molar-refractivity contribution in [3.63, 3.8) is 0 Å². The van der Waals surface area contributed by atoms with Gasteiger partial charge in [0, 0.05) is 31.7 Å². The predicted molar refractivity (Wildman–Crippen MR) is 113 cm³/mol. The van der Waals surface area contributed by atoms with Crippen molar-refractivity contribution in [3.05, 3.63) is 54.1 Å². The van der Waals surface area contributed by atoms with Crippen LogP contribution in [-0.4, -0.2) is 67.6 Å². The summed E-state index contributed by atoms with van der Waals surface area (Å²) in [5, 5.41) is 0. The van der Waals surface area contributed by atoms with Gasteiger partial charge in [-0.05, 0) is 62.4 Å². The highest BCUT2D eigenvalue weighted by Crippen LogP contribution is 2.18. The Morgan fingerprint density at radius 2 is 1.13 bits per heavy atom. The first-order valence-electron chi connectivity index (χ1n) is 10.3. The summed E-state index contributed by atoms with van der Waals surface area (Å²) in [6.07, 6.45) is 0. The van der Waals surface area contributed by atoms with Crippen molar-refractivity contribution in [1.29, 1.82) is 0 Å². The van der Waals surface area contributed by atoms with Crippen LogP contribution >= 0.6 is 0 Å². The number of carbonyl (C=O) groups is 2. The summed E-state index contributed by atoms with van der Waals surface area (Å²) in [6, 6.07) is 14.3. The summed E-state index contributed by atoms with van der Waals surface area (Å²) < 4.78 is 16.4. The van der Waals surface area contributed by atoms with Crippen molar-refractivity contribution >= 4 is 11.8 Å². The summed E-state index contributed by atoms with van der Waals surface area (Å²) >= 11 is 0. The lowest BCUT2D eigenvalue weighted by atomic mass is 10.1. The van der Waals surface area contributed by atoms with Crippen LogP contribution < -0.4 is 14.2 Å². The van der Waals surface area contributed by atoms with E-state index in [0.29, 0.717) is 50.7 Å².